The molecule has 1 aliphatic heterocycles. The van der Waals surface area contributed by atoms with Crippen LogP contribution in [0.5, 0.6) is 5.75 Å². The second kappa shape index (κ2) is 7.77. The number of carbonyl (C=O) groups is 2. The van der Waals surface area contributed by atoms with Crippen molar-refractivity contribution in [3.05, 3.63) is 24.3 Å². The maximum atomic E-state index is 11.6. The molecular formula is C15H20N2O5. The molecule has 0 bridgehead atoms. The monoisotopic (exact) mass is 308 g/mol. The average Bonchev–Trinajstić information content (AvgIpc) is 2.55. The highest BCUT2D eigenvalue weighted by Crippen LogP contribution is 2.22. The highest BCUT2D eigenvalue weighted by atomic mass is 16.5. The summed E-state index contributed by atoms with van der Waals surface area (Å²) in [6, 6.07) is 6.25. The zero-order valence-corrected chi connectivity index (χ0v) is 12.4. The summed E-state index contributed by atoms with van der Waals surface area (Å²) < 4.78 is 10.7. The second-order valence-electron chi connectivity index (χ2n) is 4.96. The summed E-state index contributed by atoms with van der Waals surface area (Å²) in [5.74, 6) is -0.344. The van der Waals surface area contributed by atoms with Crippen molar-refractivity contribution in [2.45, 2.75) is 12.1 Å². The minimum Gasteiger partial charge on any atom is -0.497 e. The van der Waals surface area contributed by atoms with E-state index in [4.69, 9.17) is 14.6 Å². The van der Waals surface area contributed by atoms with Gasteiger partial charge in [0.25, 0.3) is 0 Å². The van der Waals surface area contributed by atoms with Crippen LogP contribution in [0.15, 0.2) is 24.3 Å². The van der Waals surface area contributed by atoms with Crippen LogP contribution in [0.25, 0.3) is 0 Å². The second-order valence-corrected chi connectivity index (χ2v) is 4.96. The number of methoxy groups -OCH3 is 1. The molecule has 1 heterocycles. The van der Waals surface area contributed by atoms with Crippen LogP contribution in [-0.4, -0.2) is 62.9 Å². The molecule has 1 aromatic rings. The first kappa shape index (κ1) is 16.3. The lowest BCUT2D eigenvalue weighted by molar-refractivity contribution is -0.135. The van der Waals surface area contributed by atoms with E-state index in [-0.39, 0.29) is 12.6 Å². The molecule has 7 heteroatoms. The average molecular weight is 308 g/mol. The van der Waals surface area contributed by atoms with E-state index in [9.17, 15) is 9.59 Å². The molecule has 2 atom stereocenters. The summed E-state index contributed by atoms with van der Waals surface area (Å²) in [6.45, 7) is 1.45. The molecule has 0 radical (unpaired) electrons. The number of morpholine rings is 1. The van der Waals surface area contributed by atoms with Crippen LogP contribution in [0.3, 0.4) is 0 Å². The van der Waals surface area contributed by atoms with Gasteiger partial charge >= 0.3 is 5.97 Å². The van der Waals surface area contributed by atoms with Crippen LogP contribution in [0, 0.1) is 0 Å². The van der Waals surface area contributed by atoms with Gasteiger partial charge in [-0.3, -0.25) is 4.79 Å². The smallest absolute Gasteiger partial charge is 0.323 e. The van der Waals surface area contributed by atoms with Gasteiger partial charge < -0.3 is 29.6 Å². The highest BCUT2D eigenvalue weighted by Gasteiger charge is 2.31. The van der Waals surface area contributed by atoms with Crippen molar-refractivity contribution in [1.82, 2.24) is 5.32 Å². The Bertz CT molecular complexity index is 499. The van der Waals surface area contributed by atoms with Gasteiger partial charge in [0.05, 0.1) is 19.8 Å². The third-order valence-corrected chi connectivity index (χ3v) is 3.55. The van der Waals surface area contributed by atoms with Gasteiger partial charge in [-0.1, -0.05) is 0 Å². The Morgan fingerprint density at radius 1 is 1.55 bits per heavy atom. The molecule has 2 unspecified atom stereocenters. The predicted octanol–water partition coefficient (Wildman–Crippen LogP) is 0.142. The zero-order chi connectivity index (χ0) is 15.9. The van der Waals surface area contributed by atoms with Gasteiger partial charge in [0.15, 0.2) is 0 Å². The van der Waals surface area contributed by atoms with Gasteiger partial charge in [-0.15, -0.1) is 0 Å². The number of benzene rings is 1. The molecule has 1 aliphatic rings. The first-order valence-electron chi connectivity index (χ1n) is 7.06. The summed E-state index contributed by atoms with van der Waals surface area (Å²) >= 11 is 0. The van der Waals surface area contributed by atoms with Crippen molar-refractivity contribution in [2.24, 2.45) is 0 Å². The van der Waals surface area contributed by atoms with Crippen molar-refractivity contribution in [1.29, 1.82) is 0 Å². The fourth-order valence-corrected chi connectivity index (χ4v) is 2.46. The van der Waals surface area contributed by atoms with Crippen molar-refractivity contribution in [2.75, 3.05) is 38.3 Å². The van der Waals surface area contributed by atoms with Gasteiger partial charge in [0.2, 0.25) is 0 Å². The Balaban J connectivity index is 2.25. The number of carbonyl (C=O) groups excluding carboxylic acids is 1. The van der Waals surface area contributed by atoms with Crippen molar-refractivity contribution in [3.63, 3.8) is 0 Å². The molecule has 0 saturated carbocycles. The van der Waals surface area contributed by atoms with Gasteiger partial charge in [-0.25, -0.2) is 0 Å². The fourth-order valence-electron chi connectivity index (χ4n) is 2.46. The molecule has 22 heavy (non-hydrogen) atoms. The standard InChI is InChI=1S/C15H20N2O5/c1-21-12-4-2-11(3-5-12)17(9-15(19)20)13(10-18)14-8-16-6-7-22-14/h2-5,10,13-14,16H,6-9H2,1H3,(H,19,20). The van der Waals surface area contributed by atoms with E-state index in [1.807, 2.05) is 0 Å². The van der Waals surface area contributed by atoms with Gasteiger partial charge in [0, 0.05) is 18.8 Å². The molecule has 0 aromatic heterocycles. The van der Waals surface area contributed by atoms with Crippen LogP contribution < -0.4 is 15.0 Å². The van der Waals surface area contributed by atoms with Gasteiger partial charge in [0.1, 0.15) is 24.6 Å². The number of carboxylic acid groups (broad SMARTS) is 1. The first-order valence-corrected chi connectivity index (χ1v) is 7.06. The predicted molar refractivity (Wildman–Crippen MR) is 80.4 cm³/mol. The summed E-state index contributed by atoms with van der Waals surface area (Å²) in [6.07, 6.45) is 0.359. The number of carboxylic acids is 1. The van der Waals surface area contributed by atoms with E-state index in [1.54, 1.807) is 31.4 Å². The zero-order valence-electron chi connectivity index (χ0n) is 12.4. The quantitative estimate of drug-likeness (QED) is 0.693. The molecule has 2 N–H and O–H groups in total. The molecule has 1 saturated heterocycles. The molecule has 1 aromatic carbocycles. The van der Waals surface area contributed by atoms with Crippen molar-refractivity contribution < 1.29 is 24.2 Å². The Labute approximate surface area is 128 Å². The molecule has 0 spiro atoms. The van der Waals surface area contributed by atoms with E-state index in [2.05, 4.69) is 5.32 Å². The van der Waals surface area contributed by atoms with E-state index < -0.39 is 12.0 Å². The van der Waals surface area contributed by atoms with Crippen LogP contribution in [0.2, 0.25) is 0 Å². The minimum absolute atomic E-state index is 0.282. The van der Waals surface area contributed by atoms with Crippen LogP contribution in [0.4, 0.5) is 5.69 Å². The SMILES string of the molecule is COc1ccc(N(CC(=O)O)C(C=O)C2CNCCO2)cc1. The van der Waals surface area contributed by atoms with Gasteiger partial charge in [-0.05, 0) is 24.3 Å². The van der Waals surface area contributed by atoms with Crippen molar-refractivity contribution in [3.8, 4) is 5.75 Å². The summed E-state index contributed by atoms with van der Waals surface area (Å²) in [5, 5.41) is 12.3. The maximum absolute atomic E-state index is 11.6. The van der Waals surface area contributed by atoms with E-state index in [1.165, 1.54) is 4.90 Å². The molecule has 120 valence electrons. The lowest BCUT2D eigenvalue weighted by Gasteiger charge is -2.36. The fraction of sp³-hybridized carbons (Fsp3) is 0.467. The normalized spacial score (nSPS) is 19.2. The number of hydrogen-bond donors (Lipinski definition) is 2. The number of rotatable bonds is 7. The number of nitrogens with one attached hydrogen (secondary N) is 1. The highest BCUT2D eigenvalue weighted by molar-refractivity contribution is 5.78. The number of anilines is 1. The molecule has 0 aliphatic carbocycles. The maximum Gasteiger partial charge on any atom is 0.323 e. The summed E-state index contributed by atoms with van der Waals surface area (Å²) in [4.78, 5) is 24.3. The lowest BCUT2D eigenvalue weighted by Crippen LogP contribution is -2.54. The number of ether oxygens (including phenoxy) is 2. The largest absolute Gasteiger partial charge is 0.497 e. The number of aldehydes is 1. The summed E-state index contributed by atoms with van der Waals surface area (Å²) in [7, 11) is 1.56. The Morgan fingerprint density at radius 2 is 2.27 bits per heavy atom. The number of hydrogen-bond acceptors (Lipinski definition) is 6. The Hall–Kier alpha value is -2.12. The third kappa shape index (κ3) is 3.96. The van der Waals surface area contributed by atoms with Crippen LogP contribution in [-0.2, 0) is 14.3 Å². The van der Waals surface area contributed by atoms with Crippen LogP contribution in [0.1, 0.15) is 0 Å². The summed E-state index contributed by atoms with van der Waals surface area (Å²) in [5.41, 5.74) is 0.634. The van der Waals surface area contributed by atoms with E-state index in [0.717, 1.165) is 12.8 Å². The molecule has 7 nitrogen and oxygen atoms in total. The molecule has 2 rings (SSSR count). The molecule has 0 amide bonds. The Morgan fingerprint density at radius 3 is 2.77 bits per heavy atom. The van der Waals surface area contributed by atoms with Crippen LogP contribution >= 0.6 is 0 Å². The number of aliphatic carboxylic acids is 1. The van der Waals surface area contributed by atoms with E-state index in [0.29, 0.717) is 24.6 Å². The lowest BCUT2D eigenvalue weighted by atomic mass is 10.1. The molecule has 1 fully saturated rings. The van der Waals surface area contributed by atoms with Gasteiger partial charge in [-0.2, -0.15) is 0 Å². The minimum atomic E-state index is -1.01. The number of nitrogens with zero attached hydrogens (tertiary/aromatic N) is 1. The topological polar surface area (TPSA) is 88.1 Å². The van der Waals surface area contributed by atoms with Crippen molar-refractivity contribution >= 4 is 17.9 Å². The Kier molecular flexibility index (Phi) is 5.74. The molecular weight excluding hydrogens is 288 g/mol. The third-order valence-electron chi connectivity index (χ3n) is 3.55. The first-order chi connectivity index (χ1) is 10.7. The van der Waals surface area contributed by atoms with E-state index >= 15 is 0 Å².